The van der Waals surface area contributed by atoms with Gasteiger partial charge in [0, 0.05) is 44.0 Å². The Morgan fingerprint density at radius 3 is 2.42 bits per heavy atom. The maximum absolute atomic E-state index is 6.12. The predicted octanol–water partition coefficient (Wildman–Crippen LogP) is 2.94. The molecule has 124 valence electrons. The fourth-order valence-electron chi connectivity index (χ4n) is 2.96. The highest BCUT2D eigenvalue weighted by Crippen LogP contribution is 2.28. The van der Waals surface area contributed by atoms with E-state index in [1.165, 1.54) is 0 Å². The molecular weight excluding hydrogens is 347 g/mol. The van der Waals surface area contributed by atoms with E-state index in [9.17, 15) is 0 Å². The van der Waals surface area contributed by atoms with Crippen LogP contribution in [-0.2, 0) is 0 Å². The summed E-state index contributed by atoms with van der Waals surface area (Å²) in [6, 6.07) is 9.47. The number of hydrogen-bond donors (Lipinski definition) is 1. The van der Waals surface area contributed by atoms with Crippen LogP contribution < -0.4 is 15.5 Å². The Morgan fingerprint density at radius 2 is 1.67 bits per heavy atom. The van der Waals surface area contributed by atoms with Gasteiger partial charge in [-0.15, -0.1) is 0 Å². The first-order chi connectivity index (χ1) is 11.6. The molecule has 0 amide bonds. The summed E-state index contributed by atoms with van der Waals surface area (Å²) in [6.45, 7) is 3.47. The number of aromatic nitrogens is 3. The van der Waals surface area contributed by atoms with Crippen molar-refractivity contribution < 1.29 is 0 Å². The molecule has 0 unspecified atom stereocenters. The van der Waals surface area contributed by atoms with Crippen molar-refractivity contribution in [1.29, 1.82) is 0 Å². The second-order valence-corrected chi connectivity index (χ2v) is 6.53. The Balaban J connectivity index is 1.51. The molecule has 0 saturated carbocycles. The van der Waals surface area contributed by atoms with Crippen LogP contribution in [0.2, 0.25) is 10.0 Å². The van der Waals surface area contributed by atoms with Crippen LogP contribution in [0.3, 0.4) is 0 Å². The number of fused-ring (bicyclic) bond motifs is 1. The molecule has 8 heteroatoms. The number of piperazine rings is 1. The summed E-state index contributed by atoms with van der Waals surface area (Å²) in [6.07, 6.45) is 1.70. The summed E-state index contributed by atoms with van der Waals surface area (Å²) >= 11 is 12.1. The van der Waals surface area contributed by atoms with Gasteiger partial charge in [-0.3, -0.25) is 0 Å². The average Bonchev–Trinajstić information content (AvgIpc) is 3.07. The summed E-state index contributed by atoms with van der Waals surface area (Å²) in [5.41, 5.74) is 7.90. The molecule has 6 nitrogen and oxygen atoms in total. The largest absolute Gasteiger partial charge is 0.383 e. The van der Waals surface area contributed by atoms with E-state index in [0.717, 1.165) is 43.3 Å². The van der Waals surface area contributed by atoms with Gasteiger partial charge in [0.15, 0.2) is 5.65 Å². The Hall–Kier alpha value is -2.18. The zero-order chi connectivity index (χ0) is 16.7. The second-order valence-electron chi connectivity index (χ2n) is 5.71. The van der Waals surface area contributed by atoms with Crippen LogP contribution in [0.25, 0.3) is 5.65 Å². The molecule has 1 fully saturated rings. The van der Waals surface area contributed by atoms with Crippen LogP contribution in [0, 0.1) is 0 Å². The van der Waals surface area contributed by atoms with Gasteiger partial charge in [-0.25, -0.2) is 4.98 Å². The third-order valence-electron chi connectivity index (χ3n) is 4.25. The molecule has 1 aromatic carbocycles. The van der Waals surface area contributed by atoms with Gasteiger partial charge in [0.2, 0.25) is 0 Å². The van der Waals surface area contributed by atoms with Crippen LogP contribution in [0.15, 0.2) is 36.5 Å². The third-order valence-corrected chi connectivity index (χ3v) is 4.98. The van der Waals surface area contributed by atoms with Gasteiger partial charge in [0.1, 0.15) is 11.6 Å². The molecule has 0 spiro atoms. The zero-order valence-corrected chi connectivity index (χ0v) is 14.4. The van der Waals surface area contributed by atoms with E-state index in [1.54, 1.807) is 10.7 Å². The van der Waals surface area contributed by atoms with Gasteiger partial charge in [0.25, 0.3) is 0 Å². The van der Waals surface area contributed by atoms with Crippen LogP contribution >= 0.6 is 23.2 Å². The summed E-state index contributed by atoms with van der Waals surface area (Å²) in [5.74, 6) is 1.47. The van der Waals surface area contributed by atoms with Crippen molar-refractivity contribution >= 4 is 46.2 Å². The monoisotopic (exact) mass is 362 g/mol. The number of anilines is 3. The normalized spacial score (nSPS) is 15.2. The van der Waals surface area contributed by atoms with Crippen LogP contribution in [0.5, 0.6) is 0 Å². The first-order valence-corrected chi connectivity index (χ1v) is 8.42. The predicted molar refractivity (Wildman–Crippen MR) is 98.3 cm³/mol. The molecule has 4 rings (SSSR count). The molecule has 0 bridgehead atoms. The zero-order valence-electron chi connectivity index (χ0n) is 12.9. The summed E-state index contributed by atoms with van der Waals surface area (Å²) in [4.78, 5) is 9.16. The van der Waals surface area contributed by atoms with Crippen LogP contribution in [0.1, 0.15) is 0 Å². The smallest absolute Gasteiger partial charge is 0.159 e. The molecule has 2 N–H and O–H groups in total. The first-order valence-electron chi connectivity index (χ1n) is 7.67. The van der Waals surface area contributed by atoms with Gasteiger partial charge < -0.3 is 15.5 Å². The van der Waals surface area contributed by atoms with E-state index in [1.807, 2.05) is 30.3 Å². The number of halogens is 2. The number of nitrogens with zero attached hydrogens (tertiary/aromatic N) is 5. The molecule has 0 atom stereocenters. The van der Waals surface area contributed by atoms with Crippen molar-refractivity contribution in [2.24, 2.45) is 0 Å². The lowest BCUT2D eigenvalue weighted by molar-refractivity contribution is 0.647. The highest BCUT2D eigenvalue weighted by atomic mass is 35.5. The Labute approximate surface area is 149 Å². The van der Waals surface area contributed by atoms with Gasteiger partial charge in [0.05, 0.1) is 16.2 Å². The minimum absolute atomic E-state index is 0.577. The van der Waals surface area contributed by atoms with Gasteiger partial charge in [-0.1, -0.05) is 23.2 Å². The Bertz CT molecular complexity index is 885. The van der Waals surface area contributed by atoms with Crippen molar-refractivity contribution in [3.63, 3.8) is 0 Å². The van der Waals surface area contributed by atoms with Crippen molar-refractivity contribution in [1.82, 2.24) is 14.6 Å². The standard InChI is InChI=1S/C16H16Cl2N6/c17-12-2-1-11(9-13(12)18)22-5-7-23(8-6-22)16-10-14(19)24-15(21-16)3-4-20-24/h1-4,9-10H,5-8,19H2. The van der Waals surface area contributed by atoms with Gasteiger partial charge in [-0.05, 0) is 18.2 Å². The lowest BCUT2D eigenvalue weighted by Gasteiger charge is -2.36. The Kier molecular flexibility index (Phi) is 3.86. The highest BCUT2D eigenvalue weighted by Gasteiger charge is 2.20. The fourth-order valence-corrected chi connectivity index (χ4v) is 3.25. The van der Waals surface area contributed by atoms with Crippen LogP contribution in [-0.4, -0.2) is 40.8 Å². The molecule has 2 aromatic heterocycles. The van der Waals surface area contributed by atoms with E-state index < -0.39 is 0 Å². The molecule has 1 aliphatic rings. The molecule has 24 heavy (non-hydrogen) atoms. The van der Waals surface area contributed by atoms with E-state index in [-0.39, 0.29) is 0 Å². The average molecular weight is 363 g/mol. The molecule has 0 radical (unpaired) electrons. The van der Waals surface area contributed by atoms with Crippen LogP contribution in [0.4, 0.5) is 17.3 Å². The van der Waals surface area contributed by atoms with E-state index in [0.29, 0.717) is 15.9 Å². The Morgan fingerprint density at radius 1 is 0.917 bits per heavy atom. The fraction of sp³-hybridized carbons (Fsp3) is 0.250. The van der Waals surface area contributed by atoms with Crippen molar-refractivity contribution in [3.8, 4) is 0 Å². The third kappa shape index (κ3) is 2.72. The summed E-state index contributed by atoms with van der Waals surface area (Å²) in [5, 5.41) is 5.31. The maximum Gasteiger partial charge on any atom is 0.159 e. The molecule has 0 aliphatic carbocycles. The topological polar surface area (TPSA) is 62.7 Å². The number of hydrogen-bond acceptors (Lipinski definition) is 5. The summed E-state index contributed by atoms with van der Waals surface area (Å²) < 4.78 is 1.63. The van der Waals surface area contributed by atoms with E-state index in [4.69, 9.17) is 28.9 Å². The van der Waals surface area contributed by atoms with Gasteiger partial charge in [-0.2, -0.15) is 9.61 Å². The van der Waals surface area contributed by atoms with E-state index >= 15 is 0 Å². The van der Waals surface area contributed by atoms with Gasteiger partial charge >= 0.3 is 0 Å². The molecule has 3 heterocycles. The lowest BCUT2D eigenvalue weighted by atomic mass is 10.2. The molecular formula is C16H16Cl2N6. The minimum Gasteiger partial charge on any atom is -0.383 e. The number of nitrogen functional groups attached to an aromatic ring is 1. The molecule has 1 aliphatic heterocycles. The van der Waals surface area contributed by atoms with Crippen molar-refractivity contribution in [3.05, 3.63) is 46.6 Å². The SMILES string of the molecule is Nc1cc(N2CCN(c3ccc(Cl)c(Cl)c3)CC2)nc2ccnn12. The quantitative estimate of drug-likeness (QED) is 0.759. The number of rotatable bonds is 2. The second kappa shape index (κ2) is 6.03. The summed E-state index contributed by atoms with van der Waals surface area (Å²) in [7, 11) is 0. The minimum atomic E-state index is 0.577. The molecule has 3 aromatic rings. The highest BCUT2D eigenvalue weighted by molar-refractivity contribution is 6.42. The molecule has 1 saturated heterocycles. The van der Waals surface area contributed by atoms with Crippen molar-refractivity contribution in [2.75, 3.05) is 41.7 Å². The number of nitrogens with two attached hydrogens (primary N) is 1. The number of benzene rings is 1. The lowest BCUT2D eigenvalue weighted by Crippen LogP contribution is -2.46. The first kappa shape index (κ1) is 15.4. The van der Waals surface area contributed by atoms with E-state index in [2.05, 4.69) is 19.9 Å². The maximum atomic E-state index is 6.12. The van der Waals surface area contributed by atoms with Crippen molar-refractivity contribution in [2.45, 2.75) is 0 Å².